The van der Waals surface area contributed by atoms with Crippen LogP contribution in [0.15, 0.2) is 6.07 Å². The molecule has 2 rings (SSSR count). The summed E-state index contributed by atoms with van der Waals surface area (Å²) < 4.78 is 2.02. The van der Waals surface area contributed by atoms with E-state index >= 15 is 0 Å². The van der Waals surface area contributed by atoms with Crippen LogP contribution in [0, 0.1) is 27.7 Å². The summed E-state index contributed by atoms with van der Waals surface area (Å²) in [5, 5.41) is 15.7. The zero-order valence-corrected chi connectivity index (χ0v) is 11.9. The Hall–Kier alpha value is -1.98. The van der Waals surface area contributed by atoms with Crippen molar-refractivity contribution in [3.63, 3.8) is 0 Å². The van der Waals surface area contributed by atoms with Gasteiger partial charge in [0, 0.05) is 18.8 Å². The second-order valence-electron chi connectivity index (χ2n) is 4.74. The molecule has 0 atom stereocenters. The van der Waals surface area contributed by atoms with Gasteiger partial charge in [-0.1, -0.05) is 0 Å². The van der Waals surface area contributed by atoms with Gasteiger partial charge in [0.2, 0.25) is 5.95 Å². The molecule has 102 valence electrons. The van der Waals surface area contributed by atoms with Gasteiger partial charge in [0.25, 0.3) is 0 Å². The van der Waals surface area contributed by atoms with Crippen molar-refractivity contribution in [2.24, 2.45) is 0 Å². The van der Waals surface area contributed by atoms with Crippen molar-refractivity contribution < 1.29 is 0 Å². The number of aromatic nitrogens is 5. The molecule has 0 saturated carbocycles. The minimum atomic E-state index is 0.594. The summed E-state index contributed by atoms with van der Waals surface area (Å²) in [4.78, 5) is 4.33. The average molecular weight is 260 g/mol. The van der Waals surface area contributed by atoms with Crippen LogP contribution in [-0.2, 0) is 6.54 Å². The number of nitrogens with zero attached hydrogens (tertiary/aromatic N) is 5. The maximum Gasteiger partial charge on any atom is 0.242 e. The highest BCUT2D eigenvalue weighted by Crippen LogP contribution is 2.04. The van der Waals surface area contributed by atoms with Crippen LogP contribution in [0.1, 0.15) is 29.2 Å². The van der Waals surface area contributed by atoms with E-state index in [0.717, 1.165) is 36.6 Å². The summed E-state index contributed by atoms with van der Waals surface area (Å²) in [7, 11) is 0. The Morgan fingerprint density at radius 1 is 1.11 bits per heavy atom. The van der Waals surface area contributed by atoms with Gasteiger partial charge in [0.1, 0.15) is 0 Å². The van der Waals surface area contributed by atoms with Gasteiger partial charge < -0.3 is 5.32 Å². The molecule has 1 N–H and O–H groups in total. The highest BCUT2D eigenvalue weighted by atomic mass is 15.3. The molecule has 0 bridgehead atoms. The number of anilines is 1. The van der Waals surface area contributed by atoms with Crippen LogP contribution >= 0.6 is 0 Å². The minimum Gasteiger partial charge on any atom is -0.353 e. The fourth-order valence-electron chi connectivity index (χ4n) is 1.86. The number of rotatable bonds is 5. The van der Waals surface area contributed by atoms with Gasteiger partial charge in [-0.05, 0) is 40.2 Å². The highest BCUT2D eigenvalue weighted by molar-refractivity contribution is 5.24. The van der Waals surface area contributed by atoms with Gasteiger partial charge in [-0.25, -0.2) is 4.98 Å². The molecule has 0 aliphatic rings. The smallest absolute Gasteiger partial charge is 0.242 e. The average Bonchev–Trinajstić information content (AvgIpc) is 2.68. The van der Waals surface area contributed by atoms with Crippen LogP contribution < -0.4 is 5.32 Å². The van der Waals surface area contributed by atoms with Crippen molar-refractivity contribution in [3.05, 3.63) is 28.8 Å². The normalized spacial score (nSPS) is 10.7. The molecule has 0 fully saturated rings. The first-order valence-electron chi connectivity index (χ1n) is 6.49. The molecule has 0 aliphatic carbocycles. The van der Waals surface area contributed by atoms with Crippen LogP contribution in [0.25, 0.3) is 0 Å². The van der Waals surface area contributed by atoms with Crippen molar-refractivity contribution in [1.82, 2.24) is 25.0 Å². The van der Waals surface area contributed by atoms with Crippen molar-refractivity contribution in [3.8, 4) is 0 Å². The van der Waals surface area contributed by atoms with Gasteiger partial charge >= 0.3 is 0 Å². The Labute approximate surface area is 113 Å². The Balaban J connectivity index is 1.80. The highest BCUT2D eigenvalue weighted by Gasteiger charge is 2.02. The Morgan fingerprint density at radius 2 is 1.89 bits per heavy atom. The summed E-state index contributed by atoms with van der Waals surface area (Å²) in [5.41, 5.74) is 4.04. The third-order valence-corrected chi connectivity index (χ3v) is 3.03. The standard InChI is InChI=1S/C13H20N6/c1-9-8-10(2)19(18-9)7-5-6-14-13-15-11(3)12(4)16-17-13/h8H,5-7H2,1-4H3,(H,14,15,17). The molecule has 0 amide bonds. The first-order chi connectivity index (χ1) is 9.06. The molecule has 2 aromatic rings. The lowest BCUT2D eigenvalue weighted by Crippen LogP contribution is -2.11. The quantitative estimate of drug-likeness (QED) is 0.830. The molecule has 0 aliphatic heterocycles. The molecule has 0 saturated heterocycles. The van der Waals surface area contributed by atoms with Gasteiger partial charge in [-0.2, -0.15) is 10.2 Å². The van der Waals surface area contributed by atoms with Crippen LogP contribution in [-0.4, -0.2) is 31.5 Å². The lowest BCUT2D eigenvalue weighted by molar-refractivity contribution is 0.572. The number of nitrogens with one attached hydrogen (secondary N) is 1. The van der Waals surface area contributed by atoms with E-state index in [1.807, 2.05) is 25.5 Å². The lowest BCUT2D eigenvalue weighted by atomic mass is 10.4. The molecule has 0 aromatic carbocycles. The molecule has 6 heteroatoms. The van der Waals surface area contributed by atoms with Crippen LogP contribution in [0.2, 0.25) is 0 Å². The van der Waals surface area contributed by atoms with Gasteiger partial charge in [-0.3, -0.25) is 4.68 Å². The Kier molecular flexibility index (Phi) is 4.09. The SMILES string of the molecule is Cc1cc(C)n(CCCNc2nnc(C)c(C)n2)n1. The fraction of sp³-hybridized carbons (Fsp3) is 0.538. The minimum absolute atomic E-state index is 0.594. The predicted molar refractivity (Wildman–Crippen MR) is 74.1 cm³/mol. The summed E-state index contributed by atoms with van der Waals surface area (Å²) in [6, 6.07) is 2.09. The van der Waals surface area contributed by atoms with E-state index < -0.39 is 0 Å². The summed E-state index contributed by atoms with van der Waals surface area (Å²) in [6.07, 6.45) is 0.970. The molecule has 0 unspecified atom stereocenters. The molecule has 0 radical (unpaired) electrons. The predicted octanol–water partition coefficient (Wildman–Crippen LogP) is 1.80. The summed E-state index contributed by atoms with van der Waals surface area (Å²) in [5.74, 6) is 0.594. The molecule has 0 spiro atoms. The third-order valence-electron chi connectivity index (χ3n) is 3.03. The molecule has 6 nitrogen and oxygen atoms in total. The molecule has 2 aromatic heterocycles. The van der Waals surface area contributed by atoms with E-state index in [-0.39, 0.29) is 0 Å². The van der Waals surface area contributed by atoms with Gasteiger partial charge in [0.05, 0.1) is 17.1 Å². The van der Waals surface area contributed by atoms with Crippen LogP contribution in [0.3, 0.4) is 0 Å². The van der Waals surface area contributed by atoms with E-state index in [2.05, 4.69) is 38.6 Å². The van der Waals surface area contributed by atoms with Crippen molar-refractivity contribution in [2.45, 2.75) is 40.7 Å². The zero-order valence-electron chi connectivity index (χ0n) is 11.9. The first-order valence-corrected chi connectivity index (χ1v) is 6.49. The number of hydrogen-bond acceptors (Lipinski definition) is 5. The van der Waals surface area contributed by atoms with Crippen molar-refractivity contribution in [1.29, 1.82) is 0 Å². The zero-order chi connectivity index (χ0) is 13.8. The third kappa shape index (κ3) is 3.49. The molecule has 2 heterocycles. The van der Waals surface area contributed by atoms with E-state index in [9.17, 15) is 0 Å². The van der Waals surface area contributed by atoms with Crippen molar-refractivity contribution in [2.75, 3.05) is 11.9 Å². The van der Waals surface area contributed by atoms with E-state index in [0.29, 0.717) is 5.95 Å². The number of hydrogen-bond donors (Lipinski definition) is 1. The fourth-order valence-corrected chi connectivity index (χ4v) is 1.86. The maximum absolute atomic E-state index is 4.43. The second kappa shape index (κ2) is 5.77. The molecule has 19 heavy (non-hydrogen) atoms. The Morgan fingerprint density at radius 3 is 2.53 bits per heavy atom. The van der Waals surface area contributed by atoms with Crippen LogP contribution in [0.5, 0.6) is 0 Å². The van der Waals surface area contributed by atoms with Crippen LogP contribution in [0.4, 0.5) is 5.95 Å². The Bertz CT molecular complexity index is 560. The van der Waals surface area contributed by atoms with Gasteiger partial charge in [0.15, 0.2) is 0 Å². The molecular formula is C13H20N6. The second-order valence-corrected chi connectivity index (χ2v) is 4.74. The number of aryl methyl sites for hydroxylation is 5. The van der Waals surface area contributed by atoms with Crippen molar-refractivity contribution >= 4 is 5.95 Å². The summed E-state index contributed by atoms with van der Waals surface area (Å²) >= 11 is 0. The lowest BCUT2D eigenvalue weighted by Gasteiger charge is -2.07. The molecular weight excluding hydrogens is 240 g/mol. The van der Waals surface area contributed by atoms with E-state index in [4.69, 9.17) is 0 Å². The van der Waals surface area contributed by atoms with E-state index in [1.54, 1.807) is 0 Å². The topological polar surface area (TPSA) is 68.5 Å². The largest absolute Gasteiger partial charge is 0.353 e. The monoisotopic (exact) mass is 260 g/mol. The van der Waals surface area contributed by atoms with Gasteiger partial charge in [-0.15, -0.1) is 5.10 Å². The van der Waals surface area contributed by atoms with E-state index in [1.165, 1.54) is 5.69 Å². The summed E-state index contributed by atoms with van der Waals surface area (Å²) in [6.45, 7) is 9.63. The maximum atomic E-state index is 4.43. The first kappa shape index (κ1) is 13.5.